The van der Waals surface area contributed by atoms with Crippen LogP contribution < -0.4 is 10.6 Å². The number of guanidine groups is 1. The van der Waals surface area contributed by atoms with Gasteiger partial charge in [0.2, 0.25) is 0 Å². The summed E-state index contributed by atoms with van der Waals surface area (Å²) in [5.41, 5.74) is 1.03. The molecular formula is C13H21IN4. The van der Waals surface area contributed by atoms with E-state index in [-0.39, 0.29) is 24.0 Å². The molecule has 1 aromatic rings. The van der Waals surface area contributed by atoms with Gasteiger partial charge < -0.3 is 10.6 Å². The van der Waals surface area contributed by atoms with Gasteiger partial charge in [0.05, 0.1) is 12.2 Å². The number of hydrogen-bond acceptors (Lipinski definition) is 2. The highest BCUT2D eigenvalue weighted by Crippen LogP contribution is 2.31. The normalized spacial score (nSPS) is 14.8. The molecule has 0 bridgehead atoms. The maximum atomic E-state index is 4.26. The van der Waals surface area contributed by atoms with Crippen LogP contribution in [0.4, 0.5) is 0 Å². The third-order valence-corrected chi connectivity index (χ3v) is 2.93. The third kappa shape index (κ3) is 5.66. The molecule has 100 valence electrons. The van der Waals surface area contributed by atoms with E-state index < -0.39 is 0 Å². The van der Waals surface area contributed by atoms with E-state index in [0.717, 1.165) is 24.1 Å². The standard InChI is InChI=1S/C13H20N4.HI/c1-14-13(16-9-7-11-5-6-11)17-10-12-4-2-3-8-15-12;/h2-4,8,11H,5-7,9-10H2,1H3,(H2,14,16,17);1H. The van der Waals surface area contributed by atoms with Crippen LogP contribution >= 0.6 is 24.0 Å². The van der Waals surface area contributed by atoms with Crippen LogP contribution in [0.5, 0.6) is 0 Å². The molecule has 1 aliphatic rings. The monoisotopic (exact) mass is 360 g/mol. The maximum Gasteiger partial charge on any atom is 0.191 e. The Labute approximate surface area is 126 Å². The molecule has 2 rings (SSSR count). The molecule has 0 spiro atoms. The van der Waals surface area contributed by atoms with E-state index in [4.69, 9.17) is 0 Å². The Morgan fingerprint density at radius 1 is 1.39 bits per heavy atom. The van der Waals surface area contributed by atoms with Crippen molar-refractivity contribution in [3.05, 3.63) is 30.1 Å². The van der Waals surface area contributed by atoms with Gasteiger partial charge in [-0.3, -0.25) is 9.98 Å². The first-order valence-electron chi connectivity index (χ1n) is 6.23. The first-order chi connectivity index (χ1) is 8.38. The summed E-state index contributed by atoms with van der Waals surface area (Å²) >= 11 is 0. The number of halogens is 1. The number of pyridine rings is 1. The summed E-state index contributed by atoms with van der Waals surface area (Å²) in [5.74, 6) is 1.81. The van der Waals surface area contributed by atoms with Crippen LogP contribution in [0.1, 0.15) is 25.0 Å². The predicted octanol–water partition coefficient (Wildman–Crippen LogP) is 2.16. The van der Waals surface area contributed by atoms with E-state index >= 15 is 0 Å². The highest BCUT2D eigenvalue weighted by atomic mass is 127. The van der Waals surface area contributed by atoms with E-state index in [2.05, 4.69) is 20.6 Å². The minimum absolute atomic E-state index is 0. The maximum absolute atomic E-state index is 4.26. The predicted molar refractivity (Wildman–Crippen MR) is 85.2 cm³/mol. The summed E-state index contributed by atoms with van der Waals surface area (Å²) < 4.78 is 0. The van der Waals surface area contributed by atoms with Crippen molar-refractivity contribution in [2.24, 2.45) is 10.9 Å². The summed E-state index contributed by atoms with van der Waals surface area (Å²) in [6, 6.07) is 5.92. The van der Waals surface area contributed by atoms with Gasteiger partial charge in [-0.1, -0.05) is 18.9 Å². The van der Waals surface area contributed by atoms with Crippen molar-refractivity contribution in [1.29, 1.82) is 0 Å². The highest BCUT2D eigenvalue weighted by Gasteiger charge is 2.20. The largest absolute Gasteiger partial charge is 0.356 e. The lowest BCUT2D eigenvalue weighted by molar-refractivity contribution is 0.683. The second-order valence-electron chi connectivity index (χ2n) is 4.41. The molecule has 0 amide bonds. The molecule has 1 aromatic heterocycles. The number of aromatic nitrogens is 1. The zero-order valence-electron chi connectivity index (χ0n) is 10.7. The van der Waals surface area contributed by atoms with Crippen LogP contribution in [-0.4, -0.2) is 24.5 Å². The highest BCUT2D eigenvalue weighted by molar-refractivity contribution is 14.0. The van der Waals surface area contributed by atoms with Crippen molar-refractivity contribution in [3.8, 4) is 0 Å². The lowest BCUT2D eigenvalue weighted by atomic mass is 10.3. The topological polar surface area (TPSA) is 49.3 Å². The molecular weight excluding hydrogens is 339 g/mol. The van der Waals surface area contributed by atoms with E-state index in [0.29, 0.717) is 6.54 Å². The number of nitrogens with zero attached hydrogens (tertiary/aromatic N) is 2. The molecule has 1 fully saturated rings. The smallest absolute Gasteiger partial charge is 0.191 e. The van der Waals surface area contributed by atoms with Gasteiger partial charge in [-0.05, 0) is 24.5 Å². The van der Waals surface area contributed by atoms with Gasteiger partial charge in [0.25, 0.3) is 0 Å². The Morgan fingerprint density at radius 3 is 2.83 bits per heavy atom. The Bertz CT molecular complexity index is 363. The van der Waals surface area contributed by atoms with Crippen molar-refractivity contribution in [2.45, 2.75) is 25.8 Å². The molecule has 5 heteroatoms. The quantitative estimate of drug-likeness (QED) is 0.481. The van der Waals surface area contributed by atoms with Crippen LogP contribution in [-0.2, 0) is 6.54 Å². The van der Waals surface area contributed by atoms with Crippen molar-refractivity contribution in [2.75, 3.05) is 13.6 Å². The van der Waals surface area contributed by atoms with Gasteiger partial charge in [0.1, 0.15) is 0 Å². The summed E-state index contributed by atoms with van der Waals surface area (Å²) in [6.07, 6.45) is 5.87. The van der Waals surface area contributed by atoms with E-state index in [1.807, 2.05) is 18.2 Å². The second kappa shape index (κ2) is 8.29. The molecule has 0 saturated heterocycles. The summed E-state index contributed by atoms with van der Waals surface area (Å²) in [7, 11) is 1.80. The van der Waals surface area contributed by atoms with Gasteiger partial charge >= 0.3 is 0 Å². The molecule has 1 saturated carbocycles. The Hall–Kier alpha value is -0.850. The minimum atomic E-state index is 0. The first-order valence-corrected chi connectivity index (χ1v) is 6.23. The zero-order valence-corrected chi connectivity index (χ0v) is 13.1. The van der Waals surface area contributed by atoms with Gasteiger partial charge in [-0.2, -0.15) is 0 Å². The van der Waals surface area contributed by atoms with E-state index in [9.17, 15) is 0 Å². The zero-order chi connectivity index (χ0) is 11.9. The van der Waals surface area contributed by atoms with Gasteiger partial charge in [0.15, 0.2) is 5.96 Å². The average Bonchev–Trinajstić information content (AvgIpc) is 3.19. The summed E-state index contributed by atoms with van der Waals surface area (Å²) in [6.45, 7) is 1.72. The van der Waals surface area contributed by atoms with Crippen LogP contribution in [0, 0.1) is 5.92 Å². The lowest BCUT2D eigenvalue weighted by Gasteiger charge is -2.11. The van der Waals surface area contributed by atoms with Crippen molar-refractivity contribution in [1.82, 2.24) is 15.6 Å². The van der Waals surface area contributed by atoms with Crippen LogP contribution in [0.2, 0.25) is 0 Å². The fourth-order valence-electron chi connectivity index (χ4n) is 1.70. The summed E-state index contributed by atoms with van der Waals surface area (Å²) in [5, 5.41) is 6.58. The third-order valence-electron chi connectivity index (χ3n) is 2.93. The second-order valence-corrected chi connectivity index (χ2v) is 4.41. The Kier molecular flexibility index (Phi) is 7.00. The molecule has 4 nitrogen and oxygen atoms in total. The molecule has 2 N–H and O–H groups in total. The van der Waals surface area contributed by atoms with Crippen molar-refractivity contribution in [3.63, 3.8) is 0 Å². The molecule has 18 heavy (non-hydrogen) atoms. The molecule has 0 aliphatic heterocycles. The fourth-order valence-corrected chi connectivity index (χ4v) is 1.70. The van der Waals surface area contributed by atoms with Crippen molar-refractivity contribution >= 4 is 29.9 Å². The molecule has 0 aromatic carbocycles. The van der Waals surface area contributed by atoms with Crippen molar-refractivity contribution < 1.29 is 0 Å². The van der Waals surface area contributed by atoms with Crippen LogP contribution in [0.15, 0.2) is 29.4 Å². The SMILES string of the molecule is CN=C(NCCC1CC1)NCc1ccccn1.I. The van der Waals surface area contributed by atoms with Gasteiger partial charge in [-0.15, -0.1) is 24.0 Å². The number of nitrogens with one attached hydrogen (secondary N) is 2. The fraction of sp³-hybridized carbons (Fsp3) is 0.538. The minimum Gasteiger partial charge on any atom is -0.356 e. The Morgan fingerprint density at radius 2 is 2.22 bits per heavy atom. The average molecular weight is 360 g/mol. The molecule has 1 heterocycles. The summed E-state index contributed by atoms with van der Waals surface area (Å²) in [4.78, 5) is 8.45. The van der Waals surface area contributed by atoms with E-state index in [1.165, 1.54) is 19.3 Å². The van der Waals surface area contributed by atoms with Crippen LogP contribution in [0.25, 0.3) is 0 Å². The lowest BCUT2D eigenvalue weighted by Crippen LogP contribution is -2.37. The van der Waals surface area contributed by atoms with Gasteiger partial charge in [-0.25, -0.2) is 0 Å². The van der Waals surface area contributed by atoms with Gasteiger partial charge in [0, 0.05) is 19.8 Å². The molecule has 0 radical (unpaired) electrons. The number of hydrogen-bond donors (Lipinski definition) is 2. The van der Waals surface area contributed by atoms with E-state index in [1.54, 1.807) is 13.2 Å². The Balaban J connectivity index is 0.00000162. The molecule has 1 aliphatic carbocycles. The molecule has 0 unspecified atom stereocenters. The van der Waals surface area contributed by atoms with Crippen LogP contribution in [0.3, 0.4) is 0 Å². The first kappa shape index (κ1) is 15.2. The molecule has 0 atom stereocenters. The number of rotatable bonds is 5. The number of aliphatic imine (C=N–C) groups is 1.